The van der Waals surface area contributed by atoms with Crippen molar-refractivity contribution < 1.29 is 0 Å². The van der Waals surface area contributed by atoms with Crippen molar-refractivity contribution in [3.63, 3.8) is 0 Å². The molecule has 3 nitrogen and oxygen atoms in total. The van der Waals surface area contributed by atoms with Crippen LogP contribution >= 0.6 is 0 Å². The molecule has 0 aliphatic rings. The first-order chi connectivity index (χ1) is 6.19. The van der Waals surface area contributed by atoms with E-state index in [9.17, 15) is 0 Å². The van der Waals surface area contributed by atoms with E-state index in [1.807, 2.05) is 14.0 Å². The third kappa shape index (κ3) is 2.31. The molecule has 1 aromatic rings. The molecule has 0 bridgehead atoms. The molecule has 0 amide bonds. The monoisotopic (exact) mass is 181 g/mol. The van der Waals surface area contributed by atoms with E-state index >= 15 is 0 Å². The largest absolute Gasteiger partial charge is 0.312 e. The maximum atomic E-state index is 4.45. The topological polar surface area (TPSA) is 29.9 Å². The summed E-state index contributed by atoms with van der Waals surface area (Å²) in [4.78, 5) is 0. The molecule has 0 aromatic carbocycles. The minimum Gasteiger partial charge on any atom is -0.312 e. The van der Waals surface area contributed by atoms with E-state index in [4.69, 9.17) is 0 Å². The lowest BCUT2D eigenvalue weighted by Gasteiger charge is -2.12. The van der Waals surface area contributed by atoms with Gasteiger partial charge in [-0.2, -0.15) is 5.10 Å². The summed E-state index contributed by atoms with van der Waals surface area (Å²) < 4.78 is 2.09. The van der Waals surface area contributed by atoms with Gasteiger partial charge in [0.1, 0.15) is 0 Å². The van der Waals surface area contributed by atoms with Crippen LogP contribution in [0.25, 0.3) is 0 Å². The van der Waals surface area contributed by atoms with Crippen molar-refractivity contribution in [1.29, 1.82) is 0 Å². The van der Waals surface area contributed by atoms with Gasteiger partial charge in [-0.25, -0.2) is 0 Å². The second kappa shape index (κ2) is 4.42. The number of aromatic nitrogens is 2. The van der Waals surface area contributed by atoms with Crippen molar-refractivity contribution in [2.24, 2.45) is 0 Å². The van der Waals surface area contributed by atoms with Crippen molar-refractivity contribution in [1.82, 2.24) is 15.1 Å². The summed E-state index contributed by atoms with van der Waals surface area (Å²) in [6, 6.07) is 2.53. The molecule has 0 saturated heterocycles. The zero-order valence-electron chi connectivity index (χ0n) is 8.96. The van der Waals surface area contributed by atoms with Gasteiger partial charge in [-0.3, -0.25) is 4.68 Å². The molecule has 1 aromatic heterocycles. The Morgan fingerprint density at radius 3 is 2.85 bits per heavy atom. The lowest BCUT2D eigenvalue weighted by Crippen LogP contribution is -2.17. The second-order valence-corrected chi connectivity index (χ2v) is 3.44. The van der Waals surface area contributed by atoms with E-state index in [-0.39, 0.29) is 0 Å². The van der Waals surface area contributed by atoms with Gasteiger partial charge in [-0.15, -0.1) is 0 Å². The van der Waals surface area contributed by atoms with Gasteiger partial charge in [0.25, 0.3) is 0 Å². The molecule has 1 atom stereocenters. The fourth-order valence-electron chi connectivity index (χ4n) is 1.45. The van der Waals surface area contributed by atoms with Crippen LogP contribution in [-0.2, 0) is 6.54 Å². The third-order valence-electron chi connectivity index (χ3n) is 2.25. The predicted molar refractivity (Wildman–Crippen MR) is 54.7 cm³/mol. The van der Waals surface area contributed by atoms with Gasteiger partial charge in [-0.05, 0) is 33.4 Å². The second-order valence-electron chi connectivity index (χ2n) is 3.44. The van der Waals surface area contributed by atoms with Crippen molar-refractivity contribution in [2.75, 3.05) is 7.05 Å². The van der Waals surface area contributed by atoms with Gasteiger partial charge in [0.2, 0.25) is 0 Å². The molecule has 0 aliphatic carbocycles. The lowest BCUT2D eigenvalue weighted by atomic mass is 10.2. The molecule has 0 aliphatic heterocycles. The number of aryl methyl sites for hydroxylation is 2. The maximum Gasteiger partial charge on any atom is 0.0597 e. The summed E-state index contributed by atoms with van der Waals surface area (Å²) >= 11 is 0. The number of nitrogens with zero attached hydrogens (tertiary/aromatic N) is 2. The van der Waals surface area contributed by atoms with E-state index in [2.05, 4.69) is 35.0 Å². The highest BCUT2D eigenvalue weighted by atomic mass is 15.3. The third-order valence-corrected chi connectivity index (χ3v) is 2.25. The van der Waals surface area contributed by atoms with E-state index in [1.54, 1.807) is 0 Å². The standard InChI is InChI=1S/C10H19N3/c1-5-6-13-10(9(3)11-4)7-8(2)12-13/h7,9,11H,5-6H2,1-4H3. The Labute approximate surface area is 80.1 Å². The number of rotatable bonds is 4. The van der Waals surface area contributed by atoms with Gasteiger partial charge >= 0.3 is 0 Å². The van der Waals surface area contributed by atoms with Crippen LogP contribution in [0.15, 0.2) is 6.07 Å². The van der Waals surface area contributed by atoms with Crippen LogP contribution in [0.3, 0.4) is 0 Å². The van der Waals surface area contributed by atoms with E-state index < -0.39 is 0 Å². The Bertz CT molecular complexity index is 265. The molecule has 0 radical (unpaired) electrons. The highest BCUT2D eigenvalue weighted by Crippen LogP contribution is 2.13. The number of nitrogens with one attached hydrogen (secondary N) is 1. The normalized spacial score (nSPS) is 13.2. The van der Waals surface area contributed by atoms with Gasteiger partial charge in [0.05, 0.1) is 11.4 Å². The van der Waals surface area contributed by atoms with E-state index in [0.29, 0.717) is 6.04 Å². The summed E-state index contributed by atoms with van der Waals surface area (Å²) in [6.45, 7) is 7.38. The molecule has 13 heavy (non-hydrogen) atoms. The molecule has 0 fully saturated rings. The van der Waals surface area contributed by atoms with Crippen LogP contribution in [-0.4, -0.2) is 16.8 Å². The average Bonchev–Trinajstić information content (AvgIpc) is 2.46. The van der Waals surface area contributed by atoms with Crippen LogP contribution in [0.4, 0.5) is 0 Å². The highest BCUT2D eigenvalue weighted by molar-refractivity contribution is 5.12. The molecule has 1 unspecified atom stereocenters. The Morgan fingerprint density at radius 2 is 2.31 bits per heavy atom. The fourth-order valence-corrected chi connectivity index (χ4v) is 1.45. The Balaban J connectivity index is 2.89. The van der Waals surface area contributed by atoms with E-state index in [0.717, 1.165) is 18.7 Å². The molecule has 3 heteroatoms. The minimum atomic E-state index is 0.382. The van der Waals surface area contributed by atoms with E-state index in [1.165, 1.54) is 5.69 Å². The molecular weight excluding hydrogens is 162 g/mol. The van der Waals surface area contributed by atoms with Crippen LogP contribution in [0, 0.1) is 6.92 Å². The van der Waals surface area contributed by atoms with Crippen LogP contribution in [0.2, 0.25) is 0 Å². The Morgan fingerprint density at radius 1 is 1.62 bits per heavy atom. The maximum absolute atomic E-state index is 4.45. The Hall–Kier alpha value is -0.830. The van der Waals surface area contributed by atoms with Crippen LogP contribution < -0.4 is 5.32 Å². The molecule has 0 saturated carbocycles. The van der Waals surface area contributed by atoms with Crippen molar-refractivity contribution in [3.8, 4) is 0 Å². The minimum absolute atomic E-state index is 0.382. The molecular formula is C10H19N3. The summed E-state index contributed by atoms with van der Waals surface area (Å²) in [7, 11) is 1.98. The summed E-state index contributed by atoms with van der Waals surface area (Å²) in [5.41, 5.74) is 2.38. The summed E-state index contributed by atoms with van der Waals surface area (Å²) in [6.07, 6.45) is 1.13. The van der Waals surface area contributed by atoms with Gasteiger partial charge in [-0.1, -0.05) is 6.92 Å². The molecule has 1 rings (SSSR count). The quantitative estimate of drug-likeness (QED) is 0.768. The molecule has 74 valence electrons. The first-order valence-electron chi connectivity index (χ1n) is 4.90. The van der Waals surface area contributed by atoms with Crippen molar-refractivity contribution in [2.45, 2.75) is 39.8 Å². The lowest BCUT2D eigenvalue weighted by molar-refractivity contribution is 0.519. The number of hydrogen-bond acceptors (Lipinski definition) is 2. The smallest absolute Gasteiger partial charge is 0.0597 e. The van der Waals surface area contributed by atoms with Crippen LogP contribution in [0.1, 0.15) is 37.7 Å². The zero-order valence-corrected chi connectivity index (χ0v) is 8.96. The predicted octanol–water partition coefficient (Wildman–Crippen LogP) is 1.88. The number of hydrogen-bond donors (Lipinski definition) is 1. The van der Waals surface area contributed by atoms with Gasteiger partial charge in [0, 0.05) is 12.6 Å². The van der Waals surface area contributed by atoms with Crippen molar-refractivity contribution >= 4 is 0 Å². The highest BCUT2D eigenvalue weighted by Gasteiger charge is 2.09. The first-order valence-corrected chi connectivity index (χ1v) is 4.90. The Kier molecular flexibility index (Phi) is 3.48. The average molecular weight is 181 g/mol. The summed E-state index contributed by atoms with van der Waals surface area (Å²) in [5.74, 6) is 0. The molecule has 1 N–H and O–H groups in total. The fraction of sp³-hybridized carbons (Fsp3) is 0.700. The zero-order chi connectivity index (χ0) is 9.84. The SMILES string of the molecule is CCCn1nc(C)cc1C(C)NC. The van der Waals surface area contributed by atoms with Gasteiger partial charge in [0.15, 0.2) is 0 Å². The first kappa shape index (κ1) is 10.3. The van der Waals surface area contributed by atoms with Crippen molar-refractivity contribution in [3.05, 3.63) is 17.5 Å². The van der Waals surface area contributed by atoms with Crippen LogP contribution in [0.5, 0.6) is 0 Å². The summed E-state index contributed by atoms with van der Waals surface area (Å²) in [5, 5.41) is 7.68. The van der Waals surface area contributed by atoms with Gasteiger partial charge < -0.3 is 5.32 Å². The molecule has 1 heterocycles. The molecule has 0 spiro atoms.